The number of nitrogens with zero attached hydrogens (tertiary/aromatic N) is 1. The molecule has 1 saturated carbocycles. The van der Waals surface area contributed by atoms with E-state index in [0.717, 1.165) is 36.4 Å². The summed E-state index contributed by atoms with van der Waals surface area (Å²) in [6.07, 6.45) is 3.66. The second kappa shape index (κ2) is 6.79. The molecule has 0 spiro atoms. The van der Waals surface area contributed by atoms with E-state index in [1.807, 2.05) is 0 Å². The molecule has 1 atom stereocenters. The summed E-state index contributed by atoms with van der Waals surface area (Å²) in [5, 5.41) is 6.37. The molecule has 0 bridgehead atoms. The van der Waals surface area contributed by atoms with E-state index < -0.39 is 0 Å². The van der Waals surface area contributed by atoms with Gasteiger partial charge in [-0.2, -0.15) is 0 Å². The lowest BCUT2D eigenvalue weighted by molar-refractivity contribution is -0.120. The number of hydrogen-bond donors (Lipinski definition) is 2. The van der Waals surface area contributed by atoms with E-state index in [0.29, 0.717) is 6.54 Å². The van der Waals surface area contributed by atoms with Gasteiger partial charge in [0.2, 0.25) is 5.91 Å². The highest BCUT2D eigenvalue weighted by molar-refractivity contribution is 9.10. The summed E-state index contributed by atoms with van der Waals surface area (Å²) >= 11 is 3.45. The van der Waals surface area contributed by atoms with Crippen LogP contribution in [0.4, 0.5) is 5.69 Å². The number of carbonyl (C=O) groups excluding carboxylic acids is 1. The summed E-state index contributed by atoms with van der Waals surface area (Å²) in [6, 6.07) is 8.62. The summed E-state index contributed by atoms with van der Waals surface area (Å²) in [6.45, 7) is 3.34. The molecule has 2 aliphatic rings. The molecule has 4 nitrogen and oxygen atoms in total. The molecule has 1 heterocycles. The number of amides is 1. The molecule has 2 N–H and O–H groups in total. The fourth-order valence-corrected chi connectivity index (χ4v) is 3.02. The zero-order valence-corrected chi connectivity index (χ0v) is 13.7. The first-order valence-electron chi connectivity index (χ1n) is 7.71. The van der Waals surface area contributed by atoms with Crippen molar-refractivity contribution in [3.05, 3.63) is 28.7 Å². The Morgan fingerprint density at radius 1 is 1.24 bits per heavy atom. The van der Waals surface area contributed by atoms with Gasteiger partial charge in [-0.05, 0) is 56.0 Å². The Morgan fingerprint density at radius 3 is 2.71 bits per heavy atom. The van der Waals surface area contributed by atoms with Gasteiger partial charge in [-0.1, -0.05) is 15.9 Å². The lowest BCUT2D eigenvalue weighted by atomic mass is 10.2. The third kappa shape index (κ3) is 4.45. The van der Waals surface area contributed by atoms with Gasteiger partial charge in [-0.3, -0.25) is 4.79 Å². The van der Waals surface area contributed by atoms with Crippen molar-refractivity contribution >= 4 is 27.5 Å². The van der Waals surface area contributed by atoms with Crippen molar-refractivity contribution in [2.24, 2.45) is 5.92 Å². The first kappa shape index (κ1) is 14.9. The third-order valence-corrected chi connectivity index (χ3v) is 4.69. The van der Waals surface area contributed by atoms with Gasteiger partial charge in [0.25, 0.3) is 0 Å². The monoisotopic (exact) mass is 351 g/mol. The van der Waals surface area contributed by atoms with Gasteiger partial charge in [0.1, 0.15) is 0 Å². The summed E-state index contributed by atoms with van der Waals surface area (Å²) in [5.41, 5.74) is 1.22. The van der Waals surface area contributed by atoms with E-state index in [9.17, 15) is 4.79 Å². The molecule has 3 rings (SSSR count). The fraction of sp³-hybridized carbons (Fsp3) is 0.562. The van der Waals surface area contributed by atoms with Gasteiger partial charge in [0.15, 0.2) is 0 Å². The van der Waals surface area contributed by atoms with Gasteiger partial charge in [-0.25, -0.2) is 0 Å². The van der Waals surface area contributed by atoms with Crippen LogP contribution in [0.5, 0.6) is 0 Å². The van der Waals surface area contributed by atoms with Crippen LogP contribution in [0.3, 0.4) is 0 Å². The van der Waals surface area contributed by atoms with Crippen molar-refractivity contribution in [2.45, 2.75) is 25.3 Å². The van der Waals surface area contributed by atoms with E-state index in [-0.39, 0.29) is 11.9 Å². The van der Waals surface area contributed by atoms with Gasteiger partial charge in [0, 0.05) is 29.3 Å². The molecule has 1 saturated heterocycles. The van der Waals surface area contributed by atoms with Crippen LogP contribution in [0, 0.1) is 5.92 Å². The predicted molar refractivity (Wildman–Crippen MR) is 88.5 cm³/mol. The lowest BCUT2D eigenvalue weighted by Crippen LogP contribution is -2.42. The number of carbonyl (C=O) groups is 1. The molecule has 1 unspecified atom stereocenters. The number of benzene rings is 1. The van der Waals surface area contributed by atoms with E-state index in [1.54, 1.807) is 0 Å². The van der Waals surface area contributed by atoms with Gasteiger partial charge >= 0.3 is 0 Å². The van der Waals surface area contributed by atoms with Crippen LogP contribution >= 0.6 is 15.9 Å². The van der Waals surface area contributed by atoms with Crippen LogP contribution in [0.2, 0.25) is 0 Å². The van der Waals surface area contributed by atoms with Crippen molar-refractivity contribution < 1.29 is 4.79 Å². The molecule has 1 amide bonds. The first-order valence-corrected chi connectivity index (χ1v) is 8.50. The normalized spacial score (nSPS) is 21.6. The van der Waals surface area contributed by atoms with Crippen molar-refractivity contribution in [2.75, 3.05) is 31.1 Å². The highest BCUT2D eigenvalue weighted by Gasteiger charge is 2.24. The first-order chi connectivity index (χ1) is 10.2. The Balaban J connectivity index is 1.41. The number of halogens is 1. The number of anilines is 1. The third-order valence-electron chi connectivity index (χ3n) is 4.16. The molecular weight excluding hydrogens is 330 g/mol. The average molecular weight is 352 g/mol. The Hall–Kier alpha value is -1.07. The zero-order chi connectivity index (χ0) is 14.7. The number of rotatable bonds is 6. The Labute approximate surface area is 134 Å². The molecular formula is C16H22BrN3O. The van der Waals surface area contributed by atoms with Gasteiger partial charge in [0.05, 0.1) is 6.54 Å². The fourth-order valence-electron chi connectivity index (χ4n) is 2.76. The zero-order valence-electron chi connectivity index (χ0n) is 12.1. The second-order valence-electron chi connectivity index (χ2n) is 6.05. The molecule has 1 aliphatic heterocycles. The van der Waals surface area contributed by atoms with Gasteiger partial charge < -0.3 is 15.5 Å². The van der Waals surface area contributed by atoms with E-state index >= 15 is 0 Å². The second-order valence-corrected chi connectivity index (χ2v) is 6.97. The molecule has 114 valence electrons. The van der Waals surface area contributed by atoms with E-state index in [2.05, 4.69) is 55.7 Å². The molecule has 2 fully saturated rings. The molecule has 1 aliphatic carbocycles. The van der Waals surface area contributed by atoms with Crippen molar-refractivity contribution in [3.8, 4) is 0 Å². The van der Waals surface area contributed by atoms with Crippen LogP contribution < -0.4 is 15.5 Å². The maximum absolute atomic E-state index is 11.9. The van der Waals surface area contributed by atoms with Crippen molar-refractivity contribution in [1.82, 2.24) is 10.6 Å². The maximum atomic E-state index is 11.9. The Bertz CT molecular complexity index is 487. The lowest BCUT2D eigenvalue weighted by Gasteiger charge is -2.19. The maximum Gasteiger partial charge on any atom is 0.234 e. The molecule has 0 radical (unpaired) electrons. The molecule has 1 aromatic carbocycles. The minimum absolute atomic E-state index is 0.123. The SMILES string of the molecule is O=C(CNCC1CC1)NC1CCN(c2ccc(Br)cc2)C1. The minimum atomic E-state index is 0.123. The largest absolute Gasteiger partial charge is 0.369 e. The average Bonchev–Trinajstić information content (AvgIpc) is 3.18. The highest BCUT2D eigenvalue weighted by Crippen LogP contribution is 2.27. The molecule has 0 aromatic heterocycles. The van der Waals surface area contributed by atoms with Gasteiger partial charge in [-0.15, -0.1) is 0 Å². The topological polar surface area (TPSA) is 44.4 Å². The van der Waals surface area contributed by atoms with Crippen LogP contribution in [0.25, 0.3) is 0 Å². The van der Waals surface area contributed by atoms with Crippen LogP contribution in [0.15, 0.2) is 28.7 Å². The van der Waals surface area contributed by atoms with Crippen molar-refractivity contribution in [1.29, 1.82) is 0 Å². The van der Waals surface area contributed by atoms with E-state index in [1.165, 1.54) is 18.5 Å². The molecule has 1 aromatic rings. The number of hydrogen-bond acceptors (Lipinski definition) is 3. The highest BCUT2D eigenvalue weighted by atomic mass is 79.9. The quantitative estimate of drug-likeness (QED) is 0.825. The summed E-state index contributed by atoms with van der Waals surface area (Å²) < 4.78 is 1.09. The summed E-state index contributed by atoms with van der Waals surface area (Å²) in [7, 11) is 0. The predicted octanol–water partition coefficient (Wildman–Crippen LogP) is 2.14. The standard InChI is InChI=1S/C16H22BrN3O/c17-13-3-5-15(6-4-13)20-8-7-14(11-20)19-16(21)10-18-9-12-1-2-12/h3-6,12,14,18H,1-2,7-11H2,(H,19,21). The van der Waals surface area contributed by atoms with Crippen LogP contribution in [0.1, 0.15) is 19.3 Å². The Morgan fingerprint density at radius 2 is 2.00 bits per heavy atom. The van der Waals surface area contributed by atoms with Crippen LogP contribution in [-0.2, 0) is 4.79 Å². The summed E-state index contributed by atoms with van der Waals surface area (Å²) in [5.74, 6) is 0.940. The summed E-state index contributed by atoms with van der Waals surface area (Å²) in [4.78, 5) is 14.2. The van der Waals surface area contributed by atoms with E-state index in [4.69, 9.17) is 0 Å². The minimum Gasteiger partial charge on any atom is -0.369 e. The Kier molecular flexibility index (Phi) is 4.80. The molecule has 5 heteroatoms. The smallest absolute Gasteiger partial charge is 0.234 e. The number of nitrogens with one attached hydrogen (secondary N) is 2. The van der Waals surface area contributed by atoms with Crippen molar-refractivity contribution in [3.63, 3.8) is 0 Å². The van der Waals surface area contributed by atoms with Crippen LogP contribution in [-0.4, -0.2) is 38.1 Å². The molecule has 21 heavy (non-hydrogen) atoms.